The molecule has 0 fully saturated rings. The second-order valence-electron chi connectivity index (χ2n) is 10.5. The van der Waals surface area contributed by atoms with Gasteiger partial charge in [0.2, 0.25) is 0 Å². The number of H-pyrrole nitrogens is 1. The van der Waals surface area contributed by atoms with Crippen LogP contribution in [0.4, 0.5) is 5.69 Å². The molecule has 1 spiro atoms. The molecule has 1 amide bonds. The second-order valence-corrected chi connectivity index (χ2v) is 10.5. The first-order valence-electron chi connectivity index (χ1n) is 14.0. The average Bonchev–Trinajstić information content (AvgIpc) is 3.52. The van der Waals surface area contributed by atoms with Crippen molar-refractivity contribution in [1.29, 1.82) is 0 Å². The number of rotatable bonds is 6. The van der Waals surface area contributed by atoms with E-state index in [2.05, 4.69) is 59.9 Å². The molecule has 0 radical (unpaired) electrons. The minimum atomic E-state index is -1.23. The topological polar surface area (TPSA) is 57.4 Å². The van der Waals surface area contributed by atoms with Crippen molar-refractivity contribution in [2.75, 3.05) is 4.90 Å². The maximum Gasteiger partial charge on any atom is 0.263 e. The summed E-state index contributed by atoms with van der Waals surface area (Å²) in [5, 5.41) is 0.990. The Labute approximate surface area is 234 Å². The van der Waals surface area contributed by atoms with Gasteiger partial charge in [-0.15, -0.1) is 0 Å². The molecule has 5 nitrogen and oxygen atoms in total. The van der Waals surface area contributed by atoms with E-state index in [4.69, 9.17) is 4.84 Å². The first kappa shape index (κ1) is 24.6. The number of hydroxylamine groups is 1. The van der Waals surface area contributed by atoms with Gasteiger partial charge in [-0.05, 0) is 29.7 Å². The Morgan fingerprint density at radius 1 is 0.825 bits per heavy atom. The largest absolute Gasteiger partial charge is 0.355 e. The third kappa shape index (κ3) is 3.38. The van der Waals surface area contributed by atoms with Gasteiger partial charge in [-0.1, -0.05) is 123 Å². The number of amides is 1. The van der Waals surface area contributed by atoms with Crippen LogP contribution >= 0.6 is 0 Å². The monoisotopic (exact) mass is 525 g/mol. The number of nitrogens with zero attached hydrogens (tertiary/aromatic N) is 1. The predicted molar refractivity (Wildman–Crippen MR) is 159 cm³/mol. The molecular formula is C35H31N3O2. The maximum atomic E-state index is 14.7. The molecule has 1 unspecified atom stereocenters. The van der Waals surface area contributed by atoms with Crippen molar-refractivity contribution in [3.05, 3.63) is 149 Å². The highest BCUT2D eigenvalue weighted by molar-refractivity contribution is 6.13. The van der Waals surface area contributed by atoms with Gasteiger partial charge in [0.05, 0.1) is 11.4 Å². The van der Waals surface area contributed by atoms with Crippen LogP contribution in [-0.2, 0) is 20.8 Å². The number of aromatic amines is 1. The Bertz CT molecular complexity index is 1680. The Balaban J connectivity index is 1.54. The molecule has 1 atom stereocenters. The number of allylic oxidation sites excluding steroid dienone is 1. The van der Waals surface area contributed by atoms with E-state index in [0.717, 1.165) is 63.8 Å². The van der Waals surface area contributed by atoms with E-state index in [1.807, 2.05) is 79.0 Å². The number of hydrogen-bond acceptors (Lipinski definition) is 3. The van der Waals surface area contributed by atoms with E-state index in [1.54, 1.807) is 4.90 Å². The first-order chi connectivity index (χ1) is 19.7. The van der Waals surface area contributed by atoms with Crippen LogP contribution in [0.15, 0.2) is 121 Å². The summed E-state index contributed by atoms with van der Waals surface area (Å²) in [6, 6.07) is 36.6. The summed E-state index contributed by atoms with van der Waals surface area (Å²) >= 11 is 0. The number of carbonyl (C=O) groups excluding carboxylic acids is 1. The van der Waals surface area contributed by atoms with Crippen LogP contribution in [-0.4, -0.2) is 10.9 Å². The summed E-state index contributed by atoms with van der Waals surface area (Å²) < 4.78 is 0. The van der Waals surface area contributed by atoms with Crippen molar-refractivity contribution in [2.45, 2.75) is 37.3 Å². The van der Waals surface area contributed by atoms with Gasteiger partial charge in [0.25, 0.3) is 5.91 Å². The molecule has 40 heavy (non-hydrogen) atoms. The molecule has 3 heterocycles. The van der Waals surface area contributed by atoms with E-state index in [9.17, 15) is 4.79 Å². The Morgan fingerprint density at radius 2 is 1.48 bits per heavy atom. The molecule has 0 saturated carbocycles. The van der Waals surface area contributed by atoms with E-state index < -0.39 is 11.1 Å². The lowest BCUT2D eigenvalue weighted by atomic mass is 9.74. The van der Waals surface area contributed by atoms with Gasteiger partial charge in [0.15, 0.2) is 11.1 Å². The van der Waals surface area contributed by atoms with Crippen LogP contribution in [0.1, 0.15) is 54.1 Å². The van der Waals surface area contributed by atoms with Gasteiger partial charge in [-0.3, -0.25) is 14.5 Å². The zero-order chi connectivity index (χ0) is 27.2. The number of benzene rings is 4. The molecule has 0 aliphatic carbocycles. The Kier molecular flexibility index (Phi) is 5.92. The fourth-order valence-corrected chi connectivity index (χ4v) is 6.37. The van der Waals surface area contributed by atoms with E-state index in [1.165, 1.54) is 0 Å². The number of fused-ring (bicyclic) bond motifs is 6. The zero-order valence-corrected chi connectivity index (χ0v) is 22.4. The maximum absolute atomic E-state index is 14.7. The quantitative estimate of drug-likeness (QED) is 0.229. The summed E-state index contributed by atoms with van der Waals surface area (Å²) in [7, 11) is 0. The number of hydrogen-bond donors (Lipinski definition) is 2. The smallest absolute Gasteiger partial charge is 0.263 e. The van der Waals surface area contributed by atoms with Gasteiger partial charge in [0.1, 0.15) is 0 Å². The van der Waals surface area contributed by atoms with E-state index >= 15 is 0 Å². The second kappa shape index (κ2) is 9.63. The summed E-state index contributed by atoms with van der Waals surface area (Å²) in [6.45, 7) is 2.17. The lowest BCUT2D eigenvalue weighted by molar-refractivity contribution is -0.144. The van der Waals surface area contributed by atoms with Crippen molar-refractivity contribution in [2.24, 2.45) is 0 Å². The van der Waals surface area contributed by atoms with Crippen molar-refractivity contribution in [1.82, 2.24) is 10.5 Å². The minimum absolute atomic E-state index is 0.0813. The Morgan fingerprint density at radius 3 is 2.20 bits per heavy atom. The molecule has 1 aromatic heterocycles. The molecule has 5 heteroatoms. The third-order valence-electron chi connectivity index (χ3n) is 8.24. The van der Waals surface area contributed by atoms with Crippen molar-refractivity contribution < 1.29 is 9.63 Å². The highest BCUT2D eigenvalue weighted by Crippen LogP contribution is 2.55. The molecule has 2 N–H and O–H groups in total. The number of para-hydroxylation sites is 2. The average molecular weight is 526 g/mol. The predicted octanol–water partition coefficient (Wildman–Crippen LogP) is 7.29. The van der Waals surface area contributed by atoms with Gasteiger partial charge < -0.3 is 4.98 Å². The SMILES string of the molecule is CCCCC=CN1C(=O)C2(NOC(c3ccccc3)(c3ccccc3)c3[nH]c4ccccc4c32)c2ccccc21. The number of anilines is 1. The van der Waals surface area contributed by atoms with E-state index in [-0.39, 0.29) is 5.91 Å². The lowest BCUT2D eigenvalue weighted by Crippen LogP contribution is -2.58. The number of unbranched alkanes of at least 4 members (excludes halogenated alkanes) is 2. The summed E-state index contributed by atoms with van der Waals surface area (Å²) in [4.78, 5) is 27.1. The van der Waals surface area contributed by atoms with Gasteiger partial charge in [-0.25, -0.2) is 0 Å². The van der Waals surface area contributed by atoms with Crippen LogP contribution in [0, 0.1) is 0 Å². The number of aromatic nitrogens is 1. The molecular weight excluding hydrogens is 494 g/mol. The fraction of sp³-hybridized carbons (Fsp3) is 0.171. The first-order valence-corrected chi connectivity index (χ1v) is 14.0. The third-order valence-corrected chi connectivity index (χ3v) is 8.24. The minimum Gasteiger partial charge on any atom is -0.355 e. The van der Waals surface area contributed by atoms with Crippen LogP contribution in [0.5, 0.6) is 0 Å². The zero-order valence-electron chi connectivity index (χ0n) is 22.4. The highest BCUT2D eigenvalue weighted by Gasteiger charge is 2.61. The molecule has 2 aliphatic heterocycles. The summed E-state index contributed by atoms with van der Waals surface area (Å²) in [6.07, 6.45) is 7.13. The number of nitrogens with one attached hydrogen (secondary N) is 2. The normalized spacial score (nSPS) is 19.4. The fourth-order valence-electron chi connectivity index (χ4n) is 6.37. The van der Waals surface area contributed by atoms with Crippen LogP contribution in [0.2, 0.25) is 0 Å². The molecule has 4 aromatic carbocycles. The van der Waals surface area contributed by atoms with Gasteiger partial charge in [-0.2, -0.15) is 5.48 Å². The molecule has 2 aliphatic rings. The van der Waals surface area contributed by atoms with Crippen molar-refractivity contribution in [3.8, 4) is 0 Å². The summed E-state index contributed by atoms with van der Waals surface area (Å²) in [5.74, 6) is -0.0813. The van der Waals surface area contributed by atoms with Crippen LogP contribution in [0.3, 0.4) is 0 Å². The van der Waals surface area contributed by atoms with E-state index in [0.29, 0.717) is 0 Å². The van der Waals surface area contributed by atoms with Crippen molar-refractivity contribution >= 4 is 22.5 Å². The standard InChI is InChI=1S/C35H31N3O2/c1-2-3-4-15-24-38-30-23-14-12-21-28(30)34(33(38)39)31-27-20-11-13-22-29(27)36-32(31)35(40-37-34,25-16-7-5-8-17-25)26-18-9-6-10-19-26/h5-24,36-37H,2-4H2,1H3. The number of carbonyl (C=O) groups is 1. The molecule has 7 rings (SSSR count). The lowest BCUT2D eigenvalue weighted by Gasteiger charge is -2.44. The highest BCUT2D eigenvalue weighted by atomic mass is 16.7. The van der Waals surface area contributed by atoms with Crippen LogP contribution < -0.4 is 10.4 Å². The van der Waals surface area contributed by atoms with Gasteiger partial charge >= 0.3 is 0 Å². The van der Waals surface area contributed by atoms with Crippen molar-refractivity contribution in [3.63, 3.8) is 0 Å². The Hall–Kier alpha value is -4.45. The molecule has 5 aromatic rings. The van der Waals surface area contributed by atoms with Crippen LogP contribution in [0.25, 0.3) is 10.9 Å². The molecule has 198 valence electrons. The van der Waals surface area contributed by atoms with Gasteiger partial charge in [0, 0.05) is 28.2 Å². The summed E-state index contributed by atoms with van der Waals surface area (Å²) in [5.41, 5.74) is 7.53. The molecule has 0 bridgehead atoms. The molecule has 0 saturated heterocycles.